The molecule has 1 aromatic carbocycles. The molecule has 2 unspecified atom stereocenters. The van der Waals surface area contributed by atoms with Crippen LogP contribution >= 0.6 is 11.8 Å². The number of benzene rings is 1. The number of carbonyl (C=O) groups is 2. The zero-order valence-corrected chi connectivity index (χ0v) is 22.8. The molecule has 208 valence electrons. The molecule has 3 saturated carbocycles. The number of ketones is 1. The molecule has 0 bridgehead atoms. The largest absolute Gasteiger partial charge is 0.390 e. The van der Waals surface area contributed by atoms with E-state index in [1.54, 1.807) is 31.2 Å². The molecule has 4 aliphatic carbocycles. The molecule has 5 aliphatic rings. The van der Waals surface area contributed by atoms with Gasteiger partial charge in [0, 0.05) is 22.3 Å². The number of fused-ring (bicyclic) bond motifs is 7. The summed E-state index contributed by atoms with van der Waals surface area (Å²) in [7, 11) is 0. The summed E-state index contributed by atoms with van der Waals surface area (Å²) in [6.45, 7) is 3.29. The number of thioether (sulfide) groups is 1. The molecule has 10 heteroatoms. The van der Waals surface area contributed by atoms with E-state index >= 15 is 8.78 Å². The second kappa shape index (κ2) is 9.06. The van der Waals surface area contributed by atoms with E-state index in [1.807, 2.05) is 6.07 Å². The van der Waals surface area contributed by atoms with E-state index in [2.05, 4.69) is 6.07 Å². The van der Waals surface area contributed by atoms with Gasteiger partial charge in [-0.3, -0.25) is 9.59 Å². The predicted molar refractivity (Wildman–Crippen MR) is 140 cm³/mol. The van der Waals surface area contributed by atoms with Gasteiger partial charge in [0.15, 0.2) is 23.3 Å². The summed E-state index contributed by atoms with van der Waals surface area (Å²) >= 11 is 0.783. The van der Waals surface area contributed by atoms with Crippen LogP contribution in [0.5, 0.6) is 0 Å². The fourth-order valence-electron chi connectivity index (χ4n) is 8.41. The van der Waals surface area contributed by atoms with Crippen molar-refractivity contribution in [1.82, 2.24) is 0 Å². The molecular formula is C30H28F2N2O5S. The topological polar surface area (TPSA) is 120 Å². The molecule has 7 nitrogen and oxygen atoms in total. The smallest absolute Gasteiger partial charge is 0.225 e. The molecule has 6 rings (SSSR count). The number of hydrogen-bond acceptors (Lipinski definition) is 8. The van der Waals surface area contributed by atoms with Gasteiger partial charge in [-0.15, -0.1) is 0 Å². The number of rotatable bonds is 3. The van der Waals surface area contributed by atoms with Gasteiger partial charge in [0.1, 0.15) is 6.17 Å². The third kappa shape index (κ3) is 3.31. The highest BCUT2D eigenvalue weighted by Gasteiger charge is 2.80. The van der Waals surface area contributed by atoms with Crippen molar-refractivity contribution >= 4 is 22.7 Å². The van der Waals surface area contributed by atoms with Crippen LogP contribution in [0, 0.1) is 45.3 Å². The Hall–Kier alpha value is -2.89. The lowest BCUT2D eigenvalue weighted by Crippen LogP contribution is -2.70. The minimum atomic E-state index is -2.30. The number of nitrogens with zero attached hydrogens (tertiary/aromatic N) is 2. The van der Waals surface area contributed by atoms with E-state index in [4.69, 9.17) is 9.47 Å². The summed E-state index contributed by atoms with van der Waals surface area (Å²) < 4.78 is 46.1. The number of alkyl halides is 2. The maximum absolute atomic E-state index is 17.5. The van der Waals surface area contributed by atoms with E-state index in [-0.39, 0.29) is 30.6 Å². The van der Waals surface area contributed by atoms with Crippen molar-refractivity contribution < 1.29 is 33.0 Å². The number of aliphatic hydroxyl groups is 1. The lowest BCUT2D eigenvalue weighted by Gasteiger charge is -2.63. The van der Waals surface area contributed by atoms with E-state index in [9.17, 15) is 25.2 Å². The average molecular weight is 567 g/mol. The second-order valence-corrected chi connectivity index (χ2v) is 12.8. The first-order valence-corrected chi connectivity index (χ1v) is 14.3. The fourth-order valence-corrected chi connectivity index (χ4v) is 9.23. The Morgan fingerprint density at radius 2 is 2.02 bits per heavy atom. The van der Waals surface area contributed by atoms with Crippen LogP contribution in [-0.2, 0) is 19.1 Å². The number of halogens is 2. The van der Waals surface area contributed by atoms with Crippen LogP contribution in [0.25, 0.3) is 0 Å². The zero-order chi connectivity index (χ0) is 28.7. The summed E-state index contributed by atoms with van der Waals surface area (Å²) in [4.78, 5) is 26.0. The Balaban J connectivity index is 1.45. The number of ether oxygens (including phenoxy) is 2. The maximum Gasteiger partial charge on any atom is 0.225 e. The normalized spacial score (nSPS) is 44.9. The van der Waals surface area contributed by atoms with Crippen LogP contribution in [0.1, 0.15) is 50.5 Å². The first kappa shape index (κ1) is 27.3. The quantitative estimate of drug-likeness (QED) is 0.571. The monoisotopic (exact) mass is 566 g/mol. The van der Waals surface area contributed by atoms with Crippen LogP contribution in [0.15, 0.2) is 48.1 Å². The number of nitriles is 2. The zero-order valence-electron chi connectivity index (χ0n) is 22.0. The molecule has 1 heterocycles. The van der Waals surface area contributed by atoms with Gasteiger partial charge in [0.25, 0.3) is 0 Å². The molecule has 40 heavy (non-hydrogen) atoms. The van der Waals surface area contributed by atoms with Crippen LogP contribution in [0.4, 0.5) is 8.78 Å². The highest BCUT2D eigenvalue weighted by Crippen LogP contribution is 2.73. The van der Waals surface area contributed by atoms with Gasteiger partial charge in [-0.2, -0.15) is 10.5 Å². The molecule has 1 aromatic rings. The molecule has 0 spiro atoms. The second-order valence-electron chi connectivity index (χ2n) is 11.9. The molecule has 0 aromatic heterocycles. The minimum absolute atomic E-state index is 0.0277. The molecule has 1 aliphatic heterocycles. The highest BCUT2D eigenvalue weighted by molar-refractivity contribution is 8.14. The highest BCUT2D eigenvalue weighted by atomic mass is 32.2. The van der Waals surface area contributed by atoms with Gasteiger partial charge in [-0.05, 0) is 62.0 Å². The first-order chi connectivity index (χ1) is 19.0. The van der Waals surface area contributed by atoms with Crippen LogP contribution in [0.2, 0.25) is 0 Å². The van der Waals surface area contributed by atoms with Gasteiger partial charge < -0.3 is 14.6 Å². The Morgan fingerprint density at radius 1 is 1.25 bits per heavy atom. The van der Waals surface area contributed by atoms with E-state index < -0.39 is 69.5 Å². The lowest BCUT2D eigenvalue weighted by molar-refractivity contribution is -0.232. The first-order valence-electron chi connectivity index (χ1n) is 13.3. The van der Waals surface area contributed by atoms with E-state index in [0.29, 0.717) is 11.1 Å². The fraction of sp³-hybridized carbons (Fsp3) is 0.533. The van der Waals surface area contributed by atoms with Gasteiger partial charge in [0.2, 0.25) is 5.12 Å². The van der Waals surface area contributed by atoms with Crippen LogP contribution < -0.4 is 0 Å². The maximum atomic E-state index is 17.5. The van der Waals surface area contributed by atoms with Gasteiger partial charge in [-0.25, -0.2) is 8.78 Å². The van der Waals surface area contributed by atoms with Gasteiger partial charge >= 0.3 is 0 Å². The molecular weight excluding hydrogens is 538 g/mol. The Morgan fingerprint density at radius 3 is 2.75 bits per heavy atom. The number of carbonyl (C=O) groups excluding carboxylic acids is 2. The molecule has 1 N–H and O–H groups in total. The van der Waals surface area contributed by atoms with Crippen molar-refractivity contribution in [2.75, 3.05) is 5.75 Å². The molecule has 0 radical (unpaired) electrons. The van der Waals surface area contributed by atoms with E-state index in [1.165, 1.54) is 19.1 Å². The van der Waals surface area contributed by atoms with E-state index in [0.717, 1.165) is 17.8 Å². The molecule has 0 amide bonds. The molecule has 4 fully saturated rings. The van der Waals surface area contributed by atoms with Crippen molar-refractivity contribution in [3.05, 3.63) is 59.2 Å². The Bertz CT molecular complexity index is 1450. The summed E-state index contributed by atoms with van der Waals surface area (Å²) in [6, 6.07) is 10.7. The summed E-state index contributed by atoms with van der Waals surface area (Å²) in [5.41, 5.74) is -5.71. The van der Waals surface area contributed by atoms with Gasteiger partial charge in [0.05, 0.1) is 35.7 Å². The van der Waals surface area contributed by atoms with Crippen LogP contribution in [-0.4, -0.2) is 51.4 Å². The van der Waals surface area contributed by atoms with Gasteiger partial charge in [-0.1, -0.05) is 36.9 Å². The number of allylic oxidation sites excluding steroid dienone is 4. The third-order valence-corrected chi connectivity index (χ3v) is 11.1. The summed E-state index contributed by atoms with van der Waals surface area (Å²) in [6.07, 6.45) is -1.58. The number of hydrogen-bond donors (Lipinski definition) is 1. The van der Waals surface area contributed by atoms with Crippen LogP contribution in [0.3, 0.4) is 0 Å². The lowest BCUT2D eigenvalue weighted by atomic mass is 9.44. The number of aliphatic hydroxyl groups excluding tert-OH is 1. The minimum Gasteiger partial charge on any atom is -0.390 e. The third-order valence-electron chi connectivity index (χ3n) is 10.2. The Labute approximate surface area is 234 Å². The summed E-state index contributed by atoms with van der Waals surface area (Å²) in [5, 5.41) is 29.7. The van der Waals surface area contributed by atoms with Crippen molar-refractivity contribution in [3.8, 4) is 12.1 Å². The molecule has 1 saturated heterocycles. The predicted octanol–water partition coefficient (Wildman–Crippen LogP) is 4.42. The molecule has 10 atom stereocenters. The van der Waals surface area contributed by atoms with Crippen molar-refractivity contribution in [3.63, 3.8) is 0 Å². The average Bonchev–Trinajstić information content (AvgIpc) is 3.44. The van der Waals surface area contributed by atoms with Crippen molar-refractivity contribution in [2.24, 2.45) is 22.7 Å². The standard InChI is InChI=1S/C30H28F2N2O5S/c1-27-7-6-18(35)11-21(27)22(31)12-20-19-13-24-30(26(37)40-9-8-33,28(19,2)14-23(36)29(20,27)32)39-25(38-24)17-5-3-4-16(10-17)15-34/h3-7,10-11,19-20,22-25,36H,9,12-14H2,1-2H3/t19-,20?,22-,23-,24+,25?,27-,28-,29-,30-/m0/s1. The Kier molecular flexibility index (Phi) is 6.18. The van der Waals surface area contributed by atoms with Crippen molar-refractivity contribution in [2.45, 2.75) is 69.0 Å². The SMILES string of the molecule is C[C@]12C=CC(=O)C=C1[C@@H](F)CC1[C@@H]3C[C@H]4OC(c5cccc(C#N)c5)O[C@@]4(C(=O)SCC#N)[C@@]3(C)C[C@H](O)[C@@]12F. The van der Waals surface area contributed by atoms with Crippen molar-refractivity contribution in [1.29, 1.82) is 10.5 Å². The summed E-state index contributed by atoms with van der Waals surface area (Å²) in [5.74, 6) is -2.16.